The van der Waals surface area contributed by atoms with Crippen LogP contribution in [0, 0.1) is 0 Å². The van der Waals surface area contributed by atoms with Crippen LogP contribution in [0.15, 0.2) is 54.6 Å². The van der Waals surface area contributed by atoms with E-state index in [1.54, 1.807) is 0 Å². The predicted octanol–water partition coefficient (Wildman–Crippen LogP) is 3.32. The lowest BCUT2D eigenvalue weighted by Crippen LogP contribution is -2.50. The second-order valence-electron chi connectivity index (χ2n) is 8.55. The zero-order chi connectivity index (χ0) is 21.9. The average molecular weight is 443 g/mol. The normalized spacial score (nSPS) is 18.1. The molecule has 1 amide bonds. The van der Waals surface area contributed by atoms with Crippen molar-refractivity contribution < 1.29 is 17.9 Å². The van der Waals surface area contributed by atoms with Gasteiger partial charge in [-0.2, -0.15) is 0 Å². The number of piperidine rings is 1. The molecule has 166 valence electrons. The Kier molecular flexibility index (Phi) is 6.34. The van der Waals surface area contributed by atoms with E-state index in [0.29, 0.717) is 39.3 Å². The second-order valence-corrected chi connectivity index (χ2v) is 10.5. The van der Waals surface area contributed by atoms with E-state index in [2.05, 4.69) is 6.07 Å². The van der Waals surface area contributed by atoms with Crippen LogP contribution in [-0.2, 0) is 31.6 Å². The fourth-order valence-corrected chi connectivity index (χ4v) is 5.78. The fraction of sp³-hybridized carbons (Fsp3) is 0.458. The standard InChI is InChI=1S/C24H30N2O4S/c1-31(28,29)26-17-14-24(21-9-5-6-10-22(21)26)12-15-25(16-13-24)23(27)11-18-30-19-20-7-3-2-4-8-20/h2-10H,11-19H2,1H3. The number of fused-ring (bicyclic) bond motifs is 2. The predicted molar refractivity (Wildman–Crippen MR) is 121 cm³/mol. The number of hydrogen-bond acceptors (Lipinski definition) is 4. The van der Waals surface area contributed by atoms with Crippen LogP contribution in [0.25, 0.3) is 0 Å². The van der Waals surface area contributed by atoms with E-state index in [-0.39, 0.29) is 11.3 Å². The van der Waals surface area contributed by atoms with Crippen molar-refractivity contribution in [2.24, 2.45) is 0 Å². The molecule has 1 saturated heterocycles. The summed E-state index contributed by atoms with van der Waals surface area (Å²) in [5, 5.41) is 0. The number of likely N-dealkylation sites (tertiary alicyclic amines) is 1. The minimum Gasteiger partial charge on any atom is -0.376 e. The van der Waals surface area contributed by atoms with Gasteiger partial charge in [-0.25, -0.2) is 8.42 Å². The number of hydrogen-bond donors (Lipinski definition) is 0. The highest BCUT2D eigenvalue weighted by Crippen LogP contribution is 2.47. The maximum Gasteiger partial charge on any atom is 0.232 e. The Morgan fingerprint density at radius 3 is 2.32 bits per heavy atom. The molecule has 0 aromatic heterocycles. The molecule has 7 heteroatoms. The summed E-state index contributed by atoms with van der Waals surface area (Å²) in [4.78, 5) is 14.6. The molecule has 0 N–H and O–H groups in total. The Balaban J connectivity index is 1.34. The molecule has 0 aliphatic carbocycles. The van der Waals surface area contributed by atoms with Gasteiger partial charge in [0.05, 0.1) is 31.6 Å². The van der Waals surface area contributed by atoms with E-state index in [0.717, 1.165) is 36.1 Å². The third kappa shape index (κ3) is 4.77. The van der Waals surface area contributed by atoms with Gasteiger partial charge in [0.15, 0.2) is 0 Å². The largest absolute Gasteiger partial charge is 0.376 e. The number of carbonyl (C=O) groups is 1. The lowest BCUT2D eigenvalue weighted by Gasteiger charge is -2.47. The molecule has 0 radical (unpaired) electrons. The summed E-state index contributed by atoms with van der Waals surface area (Å²) < 4.78 is 31.7. The number of benzene rings is 2. The van der Waals surface area contributed by atoms with Gasteiger partial charge in [0.2, 0.25) is 15.9 Å². The van der Waals surface area contributed by atoms with E-state index in [1.165, 1.54) is 10.6 Å². The molecule has 2 aliphatic heterocycles. The fourth-order valence-electron chi connectivity index (χ4n) is 4.84. The quantitative estimate of drug-likeness (QED) is 0.644. The van der Waals surface area contributed by atoms with Crippen LogP contribution in [-0.4, -0.2) is 51.7 Å². The molecule has 0 bridgehead atoms. The molecule has 1 spiro atoms. The molecular weight excluding hydrogens is 412 g/mol. The van der Waals surface area contributed by atoms with Crippen molar-refractivity contribution in [2.75, 3.05) is 36.8 Å². The van der Waals surface area contributed by atoms with Gasteiger partial charge in [0.25, 0.3) is 0 Å². The molecule has 6 nitrogen and oxygen atoms in total. The van der Waals surface area contributed by atoms with Crippen molar-refractivity contribution in [3.8, 4) is 0 Å². The van der Waals surface area contributed by atoms with Crippen LogP contribution in [0.4, 0.5) is 5.69 Å². The van der Waals surface area contributed by atoms with Crippen LogP contribution in [0.2, 0.25) is 0 Å². The molecule has 0 saturated carbocycles. The number of ether oxygens (including phenoxy) is 1. The third-order valence-corrected chi connectivity index (χ3v) is 7.76. The zero-order valence-corrected chi connectivity index (χ0v) is 18.8. The molecule has 2 aliphatic rings. The summed E-state index contributed by atoms with van der Waals surface area (Å²) in [6.07, 6.45) is 4.16. The zero-order valence-electron chi connectivity index (χ0n) is 18.0. The van der Waals surface area contributed by atoms with Crippen molar-refractivity contribution in [2.45, 2.75) is 37.7 Å². The summed E-state index contributed by atoms with van der Waals surface area (Å²) in [7, 11) is -3.30. The minimum atomic E-state index is -3.30. The van der Waals surface area contributed by atoms with Crippen LogP contribution in [0.5, 0.6) is 0 Å². The topological polar surface area (TPSA) is 66.9 Å². The van der Waals surface area contributed by atoms with E-state index < -0.39 is 10.0 Å². The summed E-state index contributed by atoms with van der Waals surface area (Å²) in [5.41, 5.74) is 2.95. The van der Waals surface area contributed by atoms with Crippen molar-refractivity contribution in [1.82, 2.24) is 4.90 Å². The number of sulfonamides is 1. The monoisotopic (exact) mass is 442 g/mol. The molecule has 0 atom stereocenters. The van der Waals surface area contributed by atoms with Crippen molar-refractivity contribution in [3.05, 3.63) is 65.7 Å². The number of amides is 1. The van der Waals surface area contributed by atoms with Gasteiger partial charge in [-0.1, -0.05) is 48.5 Å². The molecule has 31 heavy (non-hydrogen) atoms. The highest BCUT2D eigenvalue weighted by Gasteiger charge is 2.43. The first-order valence-electron chi connectivity index (χ1n) is 10.9. The van der Waals surface area contributed by atoms with Crippen LogP contribution in [0.3, 0.4) is 0 Å². The highest BCUT2D eigenvalue weighted by molar-refractivity contribution is 7.92. The average Bonchev–Trinajstić information content (AvgIpc) is 2.77. The van der Waals surface area contributed by atoms with Gasteiger partial charge in [-0.15, -0.1) is 0 Å². The molecule has 1 fully saturated rings. The lowest BCUT2D eigenvalue weighted by molar-refractivity contribution is -0.134. The second kappa shape index (κ2) is 9.01. The third-order valence-electron chi connectivity index (χ3n) is 6.58. The maximum absolute atomic E-state index is 12.7. The molecule has 4 rings (SSSR count). The number of carbonyl (C=O) groups excluding carboxylic acids is 1. The van der Waals surface area contributed by atoms with Crippen molar-refractivity contribution >= 4 is 21.6 Å². The molecule has 2 heterocycles. The van der Waals surface area contributed by atoms with Gasteiger partial charge >= 0.3 is 0 Å². The number of para-hydroxylation sites is 1. The summed E-state index contributed by atoms with van der Waals surface area (Å²) in [6, 6.07) is 17.8. The Morgan fingerprint density at radius 1 is 0.968 bits per heavy atom. The Labute approximate surface area is 184 Å². The Morgan fingerprint density at radius 2 is 1.61 bits per heavy atom. The lowest BCUT2D eigenvalue weighted by atomic mass is 9.68. The summed E-state index contributed by atoms with van der Waals surface area (Å²) >= 11 is 0. The molecule has 2 aromatic carbocycles. The molecule has 2 aromatic rings. The summed E-state index contributed by atoms with van der Waals surface area (Å²) in [5.74, 6) is 0.129. The van der Waals surface area contributed by atoms with Gasteiger partial charge in [0, 0.05) is 25.0 Å². The van der Waals surface area contributed by atoms with Crippen molar-refractivity contribution in [1.29, 1.82) is 0 Å². The molecular formula is C24H30N2O4S. The van der Waals surface area contributed by atoms with Gasteiger partial charge in [0.1, 0.15) is 0 Å². The number of nitrogens with zero attached hydrogens (tertiary/aromatic N) is 2. The Hall–Kier alpha value is -2.38. The van der Waals surface area contributed by atoms with Gasteiger partial charge < -0.3 is 9.64 Å². The first kappa shape index (κ1) is 21.8. The molecule has 0 unspecified atom stereocenters. The minimum absolute atomic E-state index is 0.0572. The van der Waals surface area contributed by atoms with Crippen molar-refractivity contribution in [3.63, 3.8) is 0 Å². The van der Waals surface area contributed by atoms with Crippen LogP contribution < -0.4 is 4.31 Å². The van der Waals surface area contributed by atoms with E-state index in [1.807, 2.05) is 53.4 Å². The van der Waals surface area contributed by atoms with E-state index in [9.17, 15) is 13.2 Å². The SMILES string of the molecule is CS(=O)(=O)N1CCC2(CCN(C(=O)CCOCc3ccccc3)CC2)c2ccccc21. The first-order valence-corrected chi connectivity index (χ1v) is 12.7. The van der Waals surface area contributed by atoms with Crippen LogP contribution in [0.1, 0.15) is 36.8 Å². The van der Waals surface area contributed by atoms with Crippen LogP contribution >= 0.6 is 0 Å². The van der Waals surface area contributed by atoms with E-state index in [4.69, 9.17) is 4.74 Å². The smallest absolute Gasteiger partial charge is 0.232 e. The van der Waals surface area contributed by atoms with E-state index >= 15 is 0 Å². The first-order chi connectivity index (χ1) is 14.9. The Bertz CT molecular complexity index is 1010. The number of rotatable bonds is 6. The van der Waals surface area contributed by atoms with Gasteiger partial charge in [-0.05, 0) is 36.5 Å². The maximum atomic E-state index is 12.7. The number of anilines is 1. The highest BCUT2D eigenvalue weighted by atomic mass is 32.2. The van der Waals surface area contributed by atoms with Gasteiger partial charge in [-0.3, -0.25) is 9.10 Å². The summed E-state index contributed by atoms with van der Waals surface area (Å²) in [6.45, 7) is 2.83.